The lowest BCUT2D eigenvalue weighted by Gasteiger charge is -2.15. The molecule has 0 fully saturated rings. The number of nitrogens with zero attached hydrogens (tertiary/aromatic N) is 2. The van der Waals surface area contributed by atoms with Crippen LogP contribution in [0.5, 0.6) is 0 Å². The van der Waals surface area contributed by atoms with Crippen LogP contribution in [0.1, 0.15) is 61.0 Å². The summed E-state index contributed by atoms with van der Waals surface area (Å²) in [5, 5.41) is 7.05. The van der Waals surface area contributed by atoms with E-state index >= 15 is 0 Å². The van der Waals surface area contributed by atoms with E-state index in [-0.39, 0.29) is 29.6 Å². The van der Waals surface area contributed by atoms with Crippen LogP contribution in [0.2, 0.25) is 0 Å². The molecule has 2 aliphatic rings. The third-order valence-electron chi connectivity index (χ3n) is 6.01. The number of anilines is 1. The van der Waals surface area contributed by atoms with Gasteiger partial charge in [-0.15, -0.1) is 0 Å². The van der Waals surface area contributed by atoms with E-state index in [2.05, 4.69) is 21.2 Å². The van der Waals surface area contributed by atoms with Crippen LogP contribution >= 0.6 is 0 Å². The maximum Gasteiger partial charge on any atom is 0.249 e. The molecule has 0 spiro atoms. The zero-order chi connectivity index (χ0) is 22.9. The van der Waals surface area contributed by atoms with Crippen LogP contribution in [0.3, 0.4) is 0 Å². The van der Waals surface area contributed by atoms with Crippen LogP contribution in [0.25, 0.3) is 11.1 Å². The maximum absolute atomic E-state index is 13.1. The Balaban J connectivity index is 1.64. The predicted octanol–water partition coefficient (Wildman–Crippen LogP) is 3.71. The number of amides is 1. The lowest BCUT2D eigenvalue weighted by Crippen LogP contribution is -2.26. The van der Waals surface area contributed by atoms with E-state index in [1.165, 1.54) is 16.7 Å². The Labute approximate surface area is 188 Å². The molecule has 1 aliphatic carbocycles. The Morgan fingerprint density at radius 3 is 2.69 bits per heavy atom. The van der Waals surface area contributed by atoms with Crippen LogP contribution in [0.4, 0.5) is 5.82 Å². The van der Waals surface area contributed by atoms with Crippen molar-refractivity contribution >= 4 is 27.7 Å². The highest BCUT2D eigenvalue weighted by atomic mass is 32.2. The van der Waals surface area contributed by atoms with Gasteiger partial charge >= 0.3 is 0 Å². The second-order valence-corrected chi connectivity index (χ2v) is 10.1. The number of hydrogen-bond acceptors (Lipinski definition) is 5. The lowest BCUT2D eigenvalue weighted by atomic mass is 9.97. The molecular formula is C23H28N4O4S. The molecule has 0 radical (unpaired) electrons. The first-order valence-corrected chi connectivity index (χ1v) is 12.5. The molecule has 0 bridgehead atoms. The highest BCUT2D eigenvalue weighted by molar-refractivity contribution is 7.89. The standard InChI is InChI=1S/C23H28N4O4S/c1-15-8-9-18(22-16(2)26-27-21(29)11-10-20(28)25-23(22)27)14-19(15)32(30,31)24-13-12-17-6-4-3-5-7-17/h6,8-9,14,24H,3-5,7,10-13H2,1-2H3,(H,25,28). The second-order valence-electron chi connectivity index (χ2n) is 8.40. The quantitative estimate of drug-likeness (QED) is 0.644. The van der Waals surface area contributed by atoms with E-state index in [0.29, 0.717) is 41.2 Å². The number of benzene rings is 1. The molecule has 0 unspecified atom stereocenters. The number of hydrogen-bond donors (Lipinski definition) is 2. The zero-order valence-electron chi connectivity index (χ0n) is 18.4. The van der Waals surface area contributed by atoms with Crippen LogP contribution in [0, 0.1) is 13.8 Å². The van der Waals surface area contributed by atoms with Crippen molar-refractivity contribution in [3.63, 3.8) is 0 Å². The minimum absolute atomic E-state index is 0.0767. The van der Waals surface area contributed by atoms with Gasteiger partial charge in [0, 0.05) is 24.9 Å². The molecule has 2 aromatic rings. The Morgan fingerprint density at radius 1 is 1.12 bits per heavy atom. The monoisotopic (exact) mass is 456 g/mol. The van der Waals surface area contributed by atoms with Crippen LogP contribution in [0.15, 0.2) is 34.7 Å². The molecular weight excluding hydrogens is 428 g/mol. The first-order valence-electron chi connectivity index (χ1n) is 11.0. The molecule has 1 aliphatic heterocycles. The molecule has 1 amide bonds. The summed E-state index contributed by atoms with van der Waals surface area (Å²) >= 11 is 0. The SMILES string of the molecule is Cc1ccc(-c2c(C)nn3c2NC(=O)CCC3=O)cc1S(=O)(=O)NCCC1=CCCCC1. The smallest absolute Gasteiger partial charge is 0.249 e. The topological polar surface area (TPSA) is 110 Å². The number of carbonyl (C=O) groups excluding carboxylic acids is 2. The first kappa shape index (κ1) is 22.4. The van der Waals surface area contributed by atoms with E-state index in [1.54, 1.807) is 32.0 Å². The average Bonchev–Trinajstić information content (AvgIpc) is 3.01. The van der Waals surface area contributed by atoms with Crippen molar-refractivity contribution < 1.29 is 18.0 Å². The fraction of sp³-hybridized carbons (Fsp3) is 0.435. The minimum atomic E-state index is -3.73. The van der Waals surface area contributed by atoms with E-state index < -0.39 is 10.0 Å². The fourth-order valence-electron chi connectivity index (χ4n) is 4.29. The van der Waals surface area contributed by atoms with Gasteiger partial charge < -0.3 is 5.32 Å². The highest BCUT2D eigenvalue weighted by Gasteiger charge is 2.27. The maximum atomic E-state index is 13.1. The van der Waals surface area contributed by atoms with Gasteiger partial charge in [-0.1, -0.05) is 23.8 Å². The molecule has 1 aromatic heterocycles. The Kier molecular flexibility index (Phi) is 6.30. The third-order valence-corrected chi connectivity index (χ3v) is 7.61. The summed E-state index contributed by atoms with van der Waals surface area (Å²) in [5.41, 5.74) is 3.61. The Morgan fingerprint density at radius 2 is 1.94 bits per heavy atom. The molecule has 4 rings (SSSR count). The molecule has 9 heteroatoms. The molecule has 32 heavy (non-hydrogen) atoms. The zero-order valence-corrected chi connectivity index (χ0v) is 19.2. The number of aryl methyl sites for hydroxylation is 2. The second kappa shape index (κ2) is 8.99. The number of carbonyl (C=O) groups is 2. The summed E-state index contributed by atoms with van der Waals surface area (Å²) in [5.74, 6) is -0.248. The normalized spacial score (nSPS) is 16.9. The molecule has 0 saturated heterocycles. The van der Waals surface area contributed by atoms with Crippen molar-refractivity contribution in [2.24, 2.45) is 0 Å². The number of allylic oxidation sites excluding steroid dienone is 1. The van der Waals surface area contributed by atoms with Gasteiger partial charge in [0.25, 0.3) is 0 Å². The van der Waals surface area contributed by atoms with E-state index in [0.717, 1.165) is 19.3 Å². The van der Waals surface area contributed by atoms with Gasteiger partial charge in [-0.25, -0.2) is 13.1 Å². The van der Waals surface area contributed by atoms with Crippen molar-refractivity contribution in [1.82, 2.24) is 14.5 Å². The minimum Gasteiger partial charge on any atom is -0.310 e. The molecule has 0 atom stereocenters. The highest BCUT2D eigenvalue weighted by Crippen LogP contribution is 2.35. The van der Waals surface area contributed by atoms with E-state index in [4.69, 9.17) is 0 Å². The van der Waals surface area contributed by atoms with Crippen LogP contribution < -0.4 is 10.0 Å². The molecule has 2 heterocycles. The van der Waals surface area contributed by atoms with E-state index in [1.807, 2.05) is 0 Å². The number of nitrogens with one attached hydrogen (secondary N) is 2. The molecule has 170 valence electrons. The summed E-state index contributed by atoms with van der Waals surface area (Å²) in [6.07, 6.45) is 7.56. The van der Waals surface area contributed by atoms with Gasteiger partial charge in [0.15, 0.2) is 0 Å². The average molecular weight is 457 g/mol. The Bertz CT molecular complexity index is 1210. The molecule has 0 saturated carbocycles. The number of rotatable bonds is 6. The number of fused-ring (bicyclic) bond motifs is 1. The number of sulfonamides is 1. The Hall–Kier alpha value is -2.78. The predicted molar refractivity (Wildman–Crippen MR) is 122 cm³/mol. The van der Waals surface area contributed by atoms with Gasteiger partial charge in [0.05, 0.1) is 10.6 Å². The first-order chi connectivity index (χ1) is 15.3. The van der Waals surface area contributed by atoms with Crippen molar-refractivity contribution in [3.05, 3.63) is 41.1 Å². The van der Waals surface area contributed by atoms with Crippen molar-refractivity contribution in [2.45, 2.75) is 63.7 Å². The van der Waals surface area contributed by atoms with Gasteiger partial charge in [-0.3, -0.25) is 9.59 Å². The van der Waals surface area contributed by atoms with Crippen molar-refractivity contribution in [3.8, 4) is 11.1 Å². The van der Waals surface area contributed by atoms with Crippen LogP contribution in [-0.4, -0.2) is 36.6 Å². The third kappa shape index (κ3) is 4.54. The summed E-state index contributed by atoms with van der Waals surface area (Å²) < 4.78 is 30.1. The van der Waals surface area contributed by atoms with E-state index in [9.17, 15) is 18.0 Å². The summed E-state index contributed by atoms with van der Waals surface area (Å²) in [4.78, 5) is 24.7. The summed E-state index contributed by atoms with van der Waals surface area (Å²) in [7, 11) is -3.73. The molecule has 8 nitrogen and oxygen atoms in total. The number of aromatic nitrogens is 2. The van der Waals surface area contributed by atoms with Gasteiger partial charge in [-0.2, -0.15) is 9.78 Å². The largest absolute Gasteiger partial charge is 0.310 e. The summed E-state index contributed by atoms with van der Waals surface area (Å²) in [6, 6.07) is 5.11. The van der Waals surface area contributed by atoms with Gasteiger partial charge in [0.2, 0.25) is 21.8 Å². The van der Waals surface area contributed by atoms with Gasteiger partial charge in [0.1, 0.15) is 5.82 Å². The lowest BCUT2D eigenvalue weighted by molar-refractivity contribution is -0.116. The molecule has 2 N–H and O–H groups in total. The van der Waals surface area contributed by atoms with Crippen molar-refractivity contribution in [1.29, 1.82) is 0 Å². The van der Waals surface area contributed by atoms with Gasteiger partial charge in [-0.05, 0) is 63.1 Å². The van der Waals surface area contributed by atoms with Crippen molar-refractivity contribution in [2.75, 3.05) is 11.9 Å². The molecule has 1 aromatic carbocycles. The van der Waals surface area contributed by atoms with Crippen LogP contribution in [-0.2, 0) is 14.8 Å². The summed E-state index contributed by atoms with van der Waals surface area (Å²) in [6.45, 7) is 3.84. The fourth-order valence-corrected chi connectivity index (χ4v) is 5.59.